The highest BCUT2D eigenvalue weighted by Crippen LogP contribution is 2.32. The van der Waals surface area contributed by atoms with E-state index in [1.54, 1.807) is 24.7 Å². The lowest BCUT2D eigenvalue weighted by Gasteiger charge is -2.36. The second kappa shape index (κ2) is 9.37. The Hall–Kier alpha value is -3.76. The van der Waals surface area contributed by atoms with Crippen LogP contribution in [0, 0.1) is 15.9 Å². The number of nitro groups is 1. The summed E-state index contributed by atoms with van der Waals surface area (Å²) in [5, 5.41) is 14.9. The Morgan fingerprint density at radius 3 is 2.52 bits per heavy atom. The number of piperazine rings is 1. The normalized spacial score (nSPS) is 14.0. The number of aryl methyl sites for hydroxylation is 1. The Balaban J connectivity index is 1.41. The Kier molecular flexibility index (Phi) is 6.20. The van der Waals surface area contributed by atoms with Crippen LogP contribution < -0.4 is 15.1 Å². The second-order valence-corrected chi connectivity index (χ2v) is 7.18. The summed E-state index contributed by atoms with van der Waals surface area (Å²) in [6.45, 7) is 3.73. The van der Waals surface area contributed by atoms with Crippen LogP contribution in [0.25, 0.3) is 0 Å². The maximum absolute atomic E-state index is 13.2. The molecule has 0 unspecified atom stereocenters. The molecule has 1 aromatic carbocycles. The molecule has 0 radical (unpaired) electrons. The van der Waals surface area contributed by atoms with E-state index in [1.807, 2.05) is 15.7 Å². The van der Waals surface area contributed by atoms with Crippen molar-refractivity contribution in [2.24, 2.45) is 0 Å². The van der Waals surface area contributed by atoms with Crippen molar-refractivity contribution in [1.29, 1.82) is 0 Å². The van der Waals surface area contributed by atoms with Crippen LogP contribution >= 0.6 is 0 Å². The maximum Gasteiger partial charge on any atom is 0.353 e. The predicted octanol–water partition coefficient (Wildman–Crippen LogP) is 2.55. The molecule has 0 amide bonds. The van der Waals surface area contributed by atoms with Gasteiger partial charge in [-0.2, -0.15) is 0 Å². The Morgan fingerprint density at radius 1 is 1.10 bits per heavy atom. The lowest BCUT2D eigenvalue weighted by atomic mass is 10.2. The van der Waals surface area contributed by atoms with Gasteiger partial charge in [0, 0.05) is 57.3 Å². The van der Waals surface area contributed by atoms with E-state index >= 15 is 0 Å². The Morgan fingerprint density at radius 2 is 1.84 bits per heavy atom. The highest BCUT2D eigenvalue weighted by Gasteiger charge is 2.29. The van der Waals surface area contributed by atoms with Gasteiger partial charge in [0.25, 0.3) is 0 Å². The molecular formula is C20H23FN8O2. The van der Waals surface area contributed by atoms with Gasteiger partial charge in [0.15, 0.2) is 0 Å². The van der Waals surface area contributed by atoms with Gasteiger partial charge in [0.2, 0.25) is 11.6 Å². The molecule has 3 aromatic rings. The highest BCUT2D eigenvalue weighted by atomic mass is 19.1. The zero-order valence-corrected chi connectivity index (χ0v) is 16.9. The van der Waals surface area contributed by atoms with Gasteiger partial charge in [-0.05, 0) is 30.7 Å². The standard InChI is InChI=1S/C20H23FN8O2/c21-16-2-4-17(5-3-16)27-10-12-28(13-11-27)20-18(29(30)31)19(24-14-25-20)23-6-1-8-26-9-7-22-15-26/h2-5,7,9,14-15H,1,6,8,10-13H2,(H,23,24,25). The van der Waals surface area contributed by atoms with Crippen molar-refractivity contribution in [2.45, 2.75) is 13.0 Å². The fraction of sp³-hybridized carbons (Fsp3) is 0.350. The molecule has 0 aliphatic carbocycles. The van der Waals surface area contributed by atoms with Gasteiger partial charge in [-0.25, -0.2) is 19.3 Å². The van der Waals surface area contributed by atoms with Crippen LogP contribution in [0.15, 0.2) is 49.3 Å². The first-order chi connectivity index (χ1) is 15.1. The molecule has 1 N–H and O–H groups in total. The van der Waals surface area contributed by atoms with Crippen molar-refractivity contribution in [3.05, 3.63) is 65.2 Å². The first kappa shape index (κ1) is 20.5. The molecule has 0 spiro atoms. The molecule has 1 aliphatic heterocycles. The summed E-state index contributed by atoms with van der Waals surface area (Å²) in [6.07, 6.45) is 7.44. The average molecular weight is 426 g/mol. The van der Waals surface area contributed by atoms with Gasteiger partial charge in [-0.1, -0.05) is 0 Å². The number of benzene rings is 1. The summed E-state index contributed by atoms with van der Waals surface area (Å²) in [5.41, 5.74) is 0.818. The third-order valence-electron chi connectivity index (χ3n) is 5.20. The summed E-state index contributed by atoms with van der Waals surface area (Å²) in [5.74, 6) is 0.265. The molecule has 162 valence electrons. The third kappa shape index (κ3) is 4.87. The summed E-state index contributed by atoms with van der Waals surface area (Å²) >= 11 is 0. The Bertz CT molecular complexity index is 1000. The van der Waals surface area contributed by atoms with Gasteiger partial charge in [0.1, 0.15) is 12.1 Å². The van der Waals surface area contributed by atoms with Crippen molar-refractivity contribution >= 4 is 23.0 Å². The van der Waals surface area contributed by atoms with E-state index < -0.39 is 4.92 Å². The minimum Gasteiger partial charge on any atom is -0.368 e. The number of rotatable bonds is 8. The van der Waals surface area contributed by atoms with E-state index in [0.29, 0.717) is 38.5 Å². The molecule has 0 saturated carbocycles. The largest absolute Gasteiger partial charge is 0.368 e. The van der Waals surface area contributed by atoms with E-state index in [2.05, 4.69) is 25.2 Å². The third-order valence-corrected chi connectivity index (χ3v) is 5.20. The summed E-state index contributed by atoms with van der Waals surface area (Å²) in [4.78, 5) is 27.7. The fourth-order valence-corrected chi connectivity index (χ4v) is 3.61. The zero-order valence-electron chi connectivity index (χ0n) is 16.9. The van der Waals surface area contributed by atoms with Gasteiger partial charge >= 0.3 is 5.69 Å². The van der Waals surface area contributed by atoms with Crippen molar-refractivity contribution in [3.8, 4) is 0 Å². The number of imidazole rings is 1. The zero-order chi connectivity index (χ0) is 21.6. The van der Waals surface area contributed by atoms with Crippen LogP contribution in [-0.4, -0.2) is 57.2 Å². The van der Waals surface area contributed by atoms with E-state index in [4.69, 9.17) is 0 Å². The van der Waals surface area contributed by atoms with Crippen LogP contribution in [-0.2, 0) is 6.54 Å². The van der Waals surface area contributed by atoms with Gasteiger partial charge < -0.3 is 19.7 Å². The molecule has 2 aromatic heterocycles. The number of anilines is 3. The fourth-order valence-electron chi connectivity index (χ4n) is 3.61. The predicted molar refractivity (Wildman–Crippen MR) is 115 cm³/mol. The van der Waals surface area contributed by atoms with E-state index in [0.717, 1.165) is 18.7 Å². The molecule has 10 nitrogen and oxygen atoms in total. The number of hydrogen-bond donors (Lipinski definition) is 1. The van der Waals surface area contributed by atoms with Crippen molar-refractivity contribution in [2.75, 3.05) is 47.8 Å². The average Bonchev–Trinajstić information content (AvgIpc) is 3.31. The lowest BCUT2D eigenvalue weighted by molar-refractivity contribution is -0.383. The maximum atomic E-state index is 13.2. The lowest BCUT2D eigenvalue weighted by Crippen LogP contribution is -2.47. The topological polar surface area (TPSA) is 105 Å². The second-order valence-electron chi connectivity index (χ2n) is 7.18. The smallest absolute Gasteiger partial charge is 0.353 e. The Labute approximate surface area is 178 Å². The monoisotopic (exact) mass is 426 g/mol. The molecule has 0 atom stereocenters. The quantitative estimate of drug-likeness (QED) is 0.333. The molecule has 4 rings (SSSR count). The van der Waals surface area contributed by atoms with Crippen LogP contribution in [0.3, 0.4) is 0 Å². The molecule has 3 heterocycles. The van der Waals surface area contributed by atoms with Gasteiger partial charge in [0.05, 0.1) is 11.3 Å². The summed E-state index contributed by atoms with van der Waals surface area (Å²) in [7, 11) is 0. The number of halogens is 1. The number of nitrogens with zero attached hydrogens (tertiary/aromatic N) is 7. The summed E-state index contributed by atoms with van der Waals surface area (Å²) in [6, 6.07) is 6.34. The molecule has 11 heteroatoms. The van der Waals surface area contributed by atoms with Crippen LogP contribution in [0.4, 0.5) is 27.4 Å². The minimum absolute atomic E-state index is 0.111. The number of nitrogens with one attached hydrogen (secondary N) is 1. The first-order valence-electron chi connectivity index (χ1n) is 10.1. The molecule has 1 aliphatic rings. The number of hydrogen-bond acceptors (Lipinski definition) is 8. The highest BCUT2D eigenvalue weighted by molar-refractivity contribution is 5.70. The van der Waals surface area contributed by atoms with Crippen molar-refractivity contribution in [3.63, 3.8) is 0 Å². The SMILES string of the molecule is O=[N+]([O-])c1c(NCCCn2ccnc2)ncnc1N1CCN(c2ccc(F)cc2)CC1. The molecular weight excluding hydrogens is 403 g/mol. The van der Waals surface area contributed by atoms with Crippen molar-refractivity contribution in [1.82, 2.24) is 19.5 Å². The summed E-state index contributed by atoms with van der Waals surface area (Å²) < 4.78 is 15.1. The van der Waals surface area contributed by atoms with E-state index in [9.17, 15) is 14.5 Å². The van der Waals surface area contributed by atoms with E-state index in [-0.39, 0.29) is 17.3 Å². The molecule has 31 heavy (non-hydrogen) atoms. The minimum atomic E-state index is -0.431. The van der Waals surface area contributed by atoms with Gasteiger partial charge in [-0.3, -0.25) is 10.1 Å². The molecule has 1 fully saturated rings. The van der Waals surface area contributed by atoms with E-state index in [1.165, 1.54) is 18.5 Å². The molecule has 1 saturated heterocycles. The first-order valence-corrected chi connectivity index (χ1v) is 10.1. The van der Waals surface area contributed by atoms with Crippen LogP contribution in [0.5, 0.6) is 0 Å². The number of aromatic nitrogens is 4. The molecule has 0 bridgehead atoms. The van der Waals surface area contributed by atoms with Crippen LogP contribution in [0.1, 0.15) is 6.42 Å². The van der Waals surface area contributed by atoms with Gasteiger partial charge in [-0.15, -0.1) is 0 Å². The van der Waals surface area contributed by atoms with Crippen LogP contribution in [0.2, 0.25) is 0 Å². The van der Waals surface area contributed by atoms with Crippen molar-refractivity contribution < 1.29 is 9.31 Å².